The topological polar surface area (TPSA) is 75.1 Å². The largest absolute Gasteiger partial charge is 0.481 e. The number of nitrogens with one attached hydrogen (secondary N) is 1. The lowest BCUT2D eigenvalue weighted by molar-refractivity contribution is -0.137. The number of carboxylic acid groups (broad SMARTS) is 1. The van der Waals surface area contributed by atoms with E-state index >= 15 is 0 Å². The van der Waals surface area contributed by atoms with E-state index in [1.165, 1.54) is 18.4 Å². The van der Waals surface area contributed by atoms with Gasteiger partial charge in [0.05, 0.1) is 0 Å². The second-order valence-electron chi connectivity index (χ2n) is 6.25. The van der Waals surface area contributed by atoms with Gasteiger partial charge in [-0.25, -0.2) is 0 Å². The first kappa shape index (κ1) is 17.0. The molecule has 24 heavy (non-hydrogen) atoms. The van der Waals surface area contributed by atoms with Crippen molar-refractivity contribution in [3.63, 3.8) is 0 Å². The van der Waals surface area contributed by atoms with Gasteiger partial charge in [0.15, 0.2) is 0 Å². The number of unbranched alkanes of at least 4 members (excludes halogenated alkanes) is 1. The van der Waals surface area contributed by atoms with E-state index < -0.39 is 5.97 Å². The van der Waals surface area contributed by atoms with Crippen LogP contribution >= 0.6 is 11.3 Å². The Bertz CT molecular complexity index is 663. The average Bonchev–Trinajstić information content (AvgIpc) is 3.08. The van der Waals surface area contributed by atoms with Crippen molar-refractivity contribution in [1.82, 2.24) is 15.5 Å². The van der Waals surface area contributed by atoms with Crippen LogP contribution in [0.3, 0.4) is 0 Å². The zero-order chi connectivity index (χ0) is 16.8. The van der Waals surface area contributed by atoms with E-state index in [1.807, 2.05) is 0 Å². The minimum absolute atomic E-state index is 0.226. The van der Waals surface area contributed by atoms with Crippen LogP contribution in [0.4, 0.5) is 0 Å². The standard InChI is InChI=1S/C18H23N3O2S/c22-17(23)4-2-1-3-16-20-21-18(24-16)15-7-5-13(6-8-15)14-9-11-19-12-10-14/h5-8,14,19H,1-4,9-12H2,(H,22,23). The van der Waals surface area contributed by atoms with Crippen molar-refractivity contribution in [2.75, 3.05) is 13.1 Å². The molecule has 0 unspecified atom stereocenters. The lowest BCUT2D eigenvalue weighted by Gasteiger charge is -2.22. The average molecular weight is 345 g/mol. The number of hydrogen-bond acceptors (Lipinski definition) is 5. The summed E-state index contributed by atoms with van der Waals surface area (Å²) in [4.78, 5) is 10.5. The summed E-state index contributed by atoms with van der Waals surface area (Å²) in [6, 6.07) is 8.73. The van der Waals surface area contributed by atoms with E-state index in [-0.39, 0.29) is 6.42 Å². The maximum atomic E-state index is 10.5. The molecule has 128 valence electrons. The molecule has 0 radical (unpaired) electrons. The Kier molecular flexibility index (Phi) is 5.93. The van der Waals surface area contributed by atoms with Crippen LogP contribution in [0.1, 0.15) is 48.6 Å². The van der Waals surface area contributed by atoms with Crippen molar-refractivity contribution in [1.29, 1.82) is 0 Å². The maximum absolute atomic E-state index is 10.5. The Morgan fingerprint density at radius 2 is 1.92 bits per heavy atom. The van der Waals surface area contributed by atoms with E-state index in [1.54, 1.807) is 11.3 Å². The highest BCUT2D eigenvalue weighted by Gasteiger charge is 2.15. The molecule has 5 nitrogen and oxygen atoms in total. The summed E-state index contributed by atoms with van der Waals surface area (Å²) in [5.74, 6) is -0.0682. The third-order valence-corrected chi connectivity index (χ3v) is 5.50. The maximum Gasteiger partial charge on any atom is 0.303 e. The van der Waals surface area contributed by atoms with Crippen LogP contribution in [-0.4, -0.2) is 34.4 Å². The van der Waals surface area contributed by atoms with E-state index in [9.17, 15) is 4.79 Å². The fraction of sp³-hybridized carbons (Fsp3) is 0.500. The monoisotopic (exact) mass is 345 g/mol. The van der Waals surface area contributed by atoms with Crippen LogP contribution in [0.25, 0.3) is 10.6 Å². The van der Waals surface area contributed by atoms with Crippen molar-refractivity contribution in [2.24, 2.45) is 0 Å². The van der Waals surface area contributed by atoms with Gasteiger partial charge in [-0.2, -0.15) is 0 Å². The molecule has 0 spiro atoms. The van der Waals surface area contributed by atoms with Crippen LogP contribution in [0.5, 0.6) is 0 Å². The number of benzene rings is 1. The number of aryl methyl sites for hydroxylation is 1. The SMILES string of the molecule is O=C(O)CCCCc1nnc(-c2ccc(C3CCNCC3)cc2)s1. The summed E-state index contributed by atoms with van der Waals surface area (Å²) in [6.45, 7) is 2.21. The van der Waals surface area contributed by atoms with E-state index in [2.05, 4.69) is 39.8 Å². The van der Waals surface area contributed by atoms with Crippen LogP contribution in [-0.2, 0) is 11.2 Å². The quantitative estimate of drug-likeness (QED) is 0.752. The molecular weight excluding hydrogens is 322 g/mol. The fourth-order valence-corrected chi connectivity index (χ4v) is 3.96. The normalized spacial score (nSPS) is 15.5. The minimum atomic E-state index is -0.734. The number of carboxylic acids is 1. The van der Waals surface area contributed by atoms with Crippen LogP contribution < -0.4 is 5.32 Å². The number of rotatable bonds is 7. The number of aliphatic carboxylic acids is 1. The van der Waals surface area contributed by atoms with Gasteiger partial charge in [-0.1, -0.05) is 35.6 Å². The van der Waals surface area contributed by atoms with E-state index in [0.717, 1.165) is 41.5 Å². The van der Waals surface area contributed by atoms with Gasteiger partial charge in [-0.3, -0.25) is 4.79 Å². The van der Waals surface area contributed by atoms with Crippen molar-refractivity contribution in [3.8, 4) is 10.6 Å². The molecular formula is C18H23N3O2S. The van der Waals surface area contributed by atoms with E-state index in [4.69, 9.17) is 5.11 Å². The molecule has 1 fully saturated rings. The second-order valence-corrected chi connectivity index (χ2v) is 7.31. The fourth-order valence-electron chi connectivity index (χ4n) is 3.08. The molecule has 0 amide bonds. The van der Waals surface area contributed by atoms with Gasteiger partial charge in [-0.05, 0) is 50.3 Å². The van der Waals surface area contributed by atoms with E-state index in [0.29, 0.717) is 12.3 Å². The van der Waals surface area contributed by atoms with Gasteiger partial charge in [0.25, 0.3) is 0 Å². The minimum Gasteiger partial charge on any atom is -0.481 e. The lowest BCUT2D eigenvalue weighted by Crippen LogP contribution is -2.26. The molecule has 1 aromatic heterocycles. The van der Waals surface area contributed by atoms with Gasteiger partial charge >= 0.3 is 5.97 Å². The summed E-state index contributed by atoms with van der Waals surface area (Å²) >= 11 is 1.61. The molecule has 1 aliphatic rings. The molecule has 1 aromatic carbocycles. The predicted molar refractivity (Wildman–Crippen MR) is 95.4 cm³/mol. The first-order valence-electron chi connectivity index (χ1n) is 8.57. The summed E-state index contributed by atoms with van der Waals surface area (Å²) in [7, 11) is 0. The Labute approximate surface area is 146 Å². The summed E-state index contributed by atoms with van der Waals surface area (Å²) in [5, 5.41) is 22.5. The number of aromatic nitrogens is 2. The van der Waals surface area contributed by atoms with Gasteiger partial charge in [0.2, 0.25) is 0 Å². The van der Waals surface area contributed by atoms with Gasteiger partial charge in [0.1, 0.15) is 10.0 Å². The Balaban J connectivity index is 1.57. The molecule has 2 N–H and O–H groups in total. The Morgan fingerprint density at radius 1 is 1.17 bits per heavy atom. The van der Waals surface area contributed by atoms with Gasteiger partial charge < -0.3 is 10.4 Å². The number of carbonyl (C=O) groups is 1. The van der Waals surface area contributed by atoms with Crippen LogP contribution in [0.2, 0.25) is 0 Å². The predicted octanol–water partition coefficient (Wildman–Crippen LogP) is 3.47. The molecule has 3 rings (SSSR count). The number of piperidine rings is 1. The molecule has 1 saturated heterocycles. The Hall–Kier alpha value is -1.79. The van der Waals surface area contributed by atoms with Crippen molar-refractivity contribution >= 4 is 17.3 Å². The zero-order valence-electron chi connectivity index (χ0n) is 13.7. The molecule has 0 bridgehead atoms. The summed E-state index contributed by atoms with van der Waals surface area (Å²) in [5.41, 5.74) is 2.53. The molecule has 1 aliphatic heterocycles. The molecule has 2 aromatic rings. The highest BCUT2D eigenvalue weighted by Crippen LogP contribution is 2.29. The van der Waals surface area contributed by atoms with Crippen molar-refractivity contribution in [2.45, 2.75) is 44.4 Å². The molecule has 0 atom stereocenters. The van der Waals surface area contributed by atoms with Crippen molar-refractivity contribution in [3.05, 3.63) is 34.8 Å². The second kappa shape index (κ2) is 8.35. The lowest BCUT2D eigenvalue weighted by atomic mass is 9.90. The zero-order valence-corrected chi connectivity index (χ0v) is 14.5. The summed E-state index contributed by atoms with van der Waals surface area (Å²) in [6.07, 6.45) is 4.98. The third kappa shape index (κ3) is 4.61. The van der Waals surface area contributed by atoms with Crippen molar-refractivity contribution < 1.29 is 9.90 Å². The highest BCUT2D eigenvalue weighted by atomic mass is 32.1. The first-order chi connectivity index (χ1) is 11.7. The summed E-state index contributed by atoms with van der Waals surface area (Å²) < 4.78 is 0. The third-order valence-electron chi connectivity index (χ3n) is 4.47. The first-order valence-corrected chi connectivity index (χ1v) is 9.39. The molecule has 6 heteroatoms. The van der Waals surface area contributed by atoms with Gasteiger partial charge in [0, 0.05) is 18.4 Å². The van der Waals surface area contributed by atoms with Gasteiger partial charge in [-0.15, -0.1) is 10.2 Å². The number of hydrogen-bond donors (Lipinski definition) is 2. The Morgan fingerprint density at radius 3 is 2.62 bits per heavy atom. The molecule has 0 aliphatic carbocycles. The smallest absolute Gasteiger partial charge is 0.303 e. The highest BCUT2D eigenvalue weighted by molar-refractivity contribution is 7.14. The van der Waals surface area contributed by atoms with Crippen LogP contribution in [0.15, 0.2) is 24.3 Å². The molecule has 0 saturated carbocycles. The van der Waals surface area contributed by atoms with Crippen LogP contribution in [0, 0.1) is 0 Å². The molecule has 2 heterocycles. The number of nitrogens with zero attached hydrogens (tertiary/aromatic N) is 2.